The van der Waals surface area contributed by atoms with Crippen LogP contribution in [0.1, 0.15) is 58.6 Å². The lowest BCUT2D eigenvalue weighted by Crippen LogP contribution is -2.42. The summed E-state index contributed by atoms with van der Waals surface area (Å²) < 4.78 is 0. The molecule has 1 aromatic carbocycles. The minimum Gasteiger partial charge on any atom is -0.354 e. The van der Waals surface area contributed by atoms with E-state index in [0.29, 0.717) is 6.04 Å². The van der Waals surface area contributed by atoms with Crippen molar-refractivity contribution in [3.63, 3.8) is 0 Å². The molecule has 0 heterocycles. The zero-order valence-electron chi connectivity index (χ0n) is 19.5. The van der Waals surface area contributed by atoms with Crippen LogP contribution in [-0.4, -0.2) is 61.6 Å². The van der Waals surface area contributed by atoms with E-state index in [-0.39, 0.29) is 24.0 Å². The zero-order chi connectivity index (χ0) is 20.8. The molecule has 0 saturated carbocycles. The summed E-state index contributed by atoms with van der Waals surface area (Å²) in [6.45, 7) is 18.5. The maximum absolute atomic E-state index is 4.42. The second kappa shape index (κ2) is 16.9. The molecule has 5 nitrogen and oxygen atoms in total. The minimum absolute atomic E-state index is 0. The van der Waals surface area contributed by atoms with Crippen LogP contribution >= 0.6 is 24.0 Å². The molecule has 0 aliphatic rings. The molecule has 0 bridgehead atoms. The lowest BCUT2D eigenvalue weighted by molar-refractivity contribution is 0.292. The highest BCUT2D eigenvalue weighted by Crippen LogP contribution is 2.11. The number of guanidine groups is 1. The number of aliphatic imine (C=N–C) groups is 1. The standard InChI is InChI=1S/C23H43N5.HI/c1-7-27(8-2)17-13-14-20(5)26-23(24-6)25-18-21-15-11-12-16-22(21)19-28(9-3)10-4;/h11-12,15-16,20H,7-10,13-14,17-19H2,1-6H3,(H2,24,25,26);1H. The van der Waals surface area contributed by atoms with Crippen molar-refractivity contribution in [1.82, 2.24) is 20.4 Å². The summed E-state index contributed by atoms with van der Waals surface area (Å²) in [4.78, 5) is 9.34. The summed E-state index contributed by atoms with van der Waals surface area (Å²) in [5.41, 5.74) is 2.73. The van der Waals surface area contributed by atoms with Crippen LogP contribution in [0.25, 0.3) is 0 Å². The Kier molecular flexibility index (Phi) is 16.4. The highest BCUT2D eigenvalue weighted by Gasteiger charge is 2.09. The molecule has 0 aliphatic carbocycles. The van der Waals surface area contributed by atoms with Gasteiger partial charge in [-0.25, -0.2) is 0 Å². The van der Waals surface area contributed by atoms with Gasteiger partial charge in [0.1, 0.15) is 0 Å². The van der Waals surface area contributed by atoms with Crippen molar-refractivity contribution in [3.05, 3.63) is 35.4 Å². The molecule has 1 rings (SSSR count). The molecule has 29 heavy (non-hydrogen) atoms. The fourth-order valence-electron chi connectivity index (χ4n) is 3.41. The van der Waals surface area contributed by atoms with Crippen LogP contribution in [0.5, 0.6) is 0 Å². The van der Waals surface area contributed by atoms with E-state index in [1.807, 2.05) is 7.05 Å². The first-order chi connectivity index (χ1) is 13.6. The quantitative estimate of drug-likeness (QED) is 0.232. The van der Waals surface area contributed by atoms with Gasteiger partial charge in [0, 0.05) is 26.2 Å². The third-order valence-electron chi connectivity index (χ3n) is 5.47. The molecular formula is C23H44IN5. The SMILES string of the molecule is CCN(CC)CCCC(C)NC(=NC)NCc1ccccc1CN(CC)CC.I. The predicted octanol–water partition coefficient (Wildman–Crippen LogP) is 4.32. The summed E-state index contributed by atoms with van der Waals surface area (Å²) >= 11 is 0. The van der Waals surface area contributed by atoms with Crippen molar-refractivity contribution in [1.29, 1.82) is 0 Å². The second-order valence-corrected chi connectivity index (χ2v) is 7.37. The van der Waals surface area contributed by atoms with Crippen molar-refractivity contribution in [2.75, 3.05) is 39.8 Å². The molecule has 0 spiro atoms. The third kappa shape index (κ3) is 11.2. The Morgan fingerprint density at radius 2 is 1.55 bits per heavy atom. The first kappa shape index (κ1) is 28.1. The minimum atomic E-state index is 0. The lowest BCUT2D eigenvalue weighted by Gasteiger charge is -2.22. The summed E-state index contributed by atoms with van der Waals surface area (Å²) in [7, 11) is 1.85. The van der Waals surface area contributed by atoms with E-state index in [2.05, 4.69) is 84.3 Å². The Morgan fingerprint density at radius 3 is 2.10 bits per heavy atom. The van der Waals surface area contributed by atoms with Crippen LogP contribution in [-0.2, 0) is 13.1 Å². The van der Waals surface area contributed by atoms with Gasteiger partial charge in [0.15, 0.2) is 5.96 Å². The molecular weight excluding hydrogens is 473 g/mol. The van der Waals surface area contributed by atoms with Crippen LogP contribution in [0.3, 0.4) is 0 Å². The van der Waals surface area contributed by atoms with E-state index in [0.717, 1.165) is 51.6 Å². The summed E-state index contributed by atoms with van der Waals surface area (Å²) in [6.07, 6.45) is 2.36. The molecule has 2 N–H and O–H groups in total. The molecule has 1 aromatic rings. The molecule has 168 valence electrons. The fraction of sp³-hybridized carbons (Fsp3) is 0.696. The zero-order valence-corrected chi connectivity index (χ0v) is 21.8. The summed E-state index contributed by atoms with van der Waals surface area (Å²) in [6, 6.07) is 9.11. The second-order valence-electron chi connectivity index (χ2n) is 7.37. The Bertz CT molecular complexity index is 556. The normalized spacial score (nSPS) is 12.8. The van der Waals surface area contributed by atoms with Gasteiger partial charge in [0.25, 0.3) is 0 Å². The topological polar surface area (TPSA) is 42.9 Å². The molecule has 0 aliphatic heterocycles. The Balaban J connectivity index is 0.00000784. The van der Waals surface area contributed by atoms with E-state index in [1.54, 1.807) is 0 Å². The Labute approximate surface area is 196 Å². The van der Waals surface area contributed by atoms with Gasteiger partial charge in [0.2, 0.25) is 0 Å². The van der Waals surface area contributed by atoms with Crippen molar-refractivity contribution >= 4 is 29.9 Å². The van der Waals surface area contributed by atoms with Gasteiger partial charge in [-0.1, -0.05) is 52.0 Å². The van der Waals surface area contributed by atoms with Crippen LogP contribution in [0.4, 0.5) is 0 Å². The molecule has 0 fully saturated rings. The monoisotopic (exact) mass is 517 g/mol. The first-order valence-corrected chi connectivity index (χ1v) is 11.1. The molecule has 0 radical (unpaired) electrons. The van der Waals surface area contributed by atoms with Crippen molar-refractivity contribution in [3.8, 4) is 0 Å². The van der Waals surface area contributed by atoms with Crippen LogP contribution in [0.15, 0.2) is 29.3 Å². The van der Waals surface area contributed by atoms with Gasteiger partial charge in [-0.15, -0.1) is 24.0 Å². The smallest absolute Gasteiger partial charge is 0.191 e. The molecule has 0 amide bonds. The highest BCUT2D eigenvalue weighted by atomic mass is 127. The summed E-state index contributed by atoms with van der Waals surface area (Å²) in [5, 5.41) is 7.04. The number of benzene rings is 1. The Morgan fingerprint density at radius 1 is 0.966 bits per heavy atom. The number of nitrogens with zero attached hydrogens (tertiary/aromatic N) is 3. The maximum Gasteiger partial charge on any atom is 0.191 e. The summed E-state index contributed by atoms with van der Waals surface area (Å²) in [5.74, 6) is 0.882. The van der Waals surface area contributed by atoms with Crippen LogP contribution in [0, 0.1) is 0 Å². The van der Waals surface area contributed by atoms with E-state index >= 15 is 0 Å². The van der Waals surface area contributed by atoms with Gasteiger partial charge < -0.3 is 15.5 Å². The maximum atomic E-state index is 4.42. The van der Waals surface area contributed by atoms with Crippen molar-refractivity contribution in [2.45, 2.75) is 66.6 Å². The average molecular weight is 518 g/mol. The number of hydrogen-bond donors (Lipinski definition) is 2. The average Bonchev–Trinajstić information content (AvgIpc) is 2.73. The molecule has 6 heteroatoms. The van der Waals surface area contributed by atoms with E-state index in [1.165, 1.54) is 24.1 Å². The van der Waals surface area contributed by atoms with Crippen LogP contribution in [0.2, 0.25) is 0 Å². The van der Waals surface area contributed by atoms with Crippen molar-refractivity contribution < 1.29 is 0 Å². The van der Waals surface area contributed by atoms with Gasteiger partial charge in [-0.3, -0.25) is 9.89 Å². The third-order valence-corrected chi connectivity index (χ3v) is 5.47. The number of halogens is 1. The fourth-order valence-corrected chi connectivity index (χ4v) is 3.41. The highest BCUT2D eigenvalue weighted by molar-refractivity contribution is 14.0. The molecule has 0 saturated heterocycles. The largest absolute Gasteiger partial charge is 0.354 e. The van der Waals surface area contributed by atoms with Gasteiger partial charge in [-0.05, 0) is 63.6 Å². The predicted molar refractivity (Wildman–Crippen MR) is 138 cm³/mol. The van der Waals surface area contributed by atoms with Gasteiger partial charge in [-0.2, -0.15) is 0 Å². The number of hydrogen-bond acceptors (Lipinski definition) is 3. The molecule has 1 unspecified atom stereocenters. The van der Waals surface area contributed by atoms with E-state index < -0.39 is 0 Å². The molecule has 1 atom stereocenters. The van der Waals surface area contributed by atoms with Gasteiger partial charge >= 0.3 is 0 Å². The van der Waals surface area contributed by atoms with E-state index in [9.17, 15) is 0 Å². The van der Waals surface area contributed by atoms with E-state index in [4.69, 9.17) is 0 Å². The first-order valence-electron chi connectivity index (χ1n) is 11.1. The molecule has 0 aromatic heterocycles. The van der Waals surface area contributed by atoms with Crippen molar-refractivity contribution in [2.24, 2.45) is 4.99 Å². The number of nitrogens with one attached hydrogen (secondary N) is 2. The lowest BCUT2D eigenvalue weighted by atomic mass is 10.1. The van der Waals surface area contributed by atoms with Gasteiger partial charge in [0.05, 0.1) is 0 Å². The number of rotatable bonds is 13. The van der Waals surface area contributed by atoms with Crippen LogP contribution < -0.4 is 10.6 Å². The Hall–Kier alpha value is -0.860.